The van der Waals surface area contributed by atoms with Crippen molar-refractivity contribution < 1.29 is 13.6 Å². The zero-order chi connectivity index (χ0) is 20.7. The van der Waals surface area contributed by atoms with Crippen molar-refractivity contribution in [2.24, 2.45) is 0 Å². The highest BCUT2D eigenvalue weighted by Crippen LogP contribution is 2.26. The van der Waals surface area contributed by atoms with Gasteiger partial charge in [0.2, 0.25) is 0 Å². The van der Waals surface area contributed by atoms with E-state index in [1.807, 2.05) is 0 Å². The molecule has 0 fully saturated rings. The average Bonchev–Trinajstić information content (AvgIpc) is 3.02. The minimum atomic E-state index is -0.722. The molecule has 4 rings (SSSR count). The van der Waals surface area contributed by atoms with Crippen LogP contribution in [0.3, 0.4) is 0 Å². The van der Waals surface area contributed by atoms with Gasteiger partial charge in [0, 0.05) is 6.07 Å². The first-order valence-electron chi connectivity index (χ1n) is 8.19. The van der Waals surface area contributed by atoms with Crippen LogP contribution in [0.15, 0.2) is 41.2 Å². The van der Waals surface area contributed by atoms with E-state index in [9.17, 15) is 18.4 Å². The van der Waals surface area contributed by atoms with E-state index in [-0.39, 0.29) is 27.0 Å². The van der Waals surface area contributed by atoms with Crippen LogP contribution in [0.25, 0.3) is 21.1 Å². The molecule has 0 radical (unpaired) electrons. The number of anilines is 1. The number of fused-ring (bicyclic) bond motifs is 2. The summed E-state index contributed by atoms with van der Waals surface area (Å²) in [6.45, 7) is 1.51. The second kappa shape index (κ2) is 7.26. The van der Waals surface area contributed by atoms with Gasteiger partial charge in [-0.3, -0.25) is 15.4 Å². The maximum atomic E-state index is 13.4. The number of thiazole rings is 1. The van der Waals surface area contributed by atoms with Crippen molar-refractivity contribution in [3.05, 3.63) is 64.2 Å². The molecule has 11 heteroatoms. The molecule has 0 aliphatic heterocycles. The predicted octanol–water partition coefficient (Wildman–Crippen LogP) is 3.55. The summed E-state index contributed by atoms with van der Waals surface area (Å²) in [7, 11) is 0. The molecule has 2 N–H and O–H groups in total. The Kier molecular flexibility index (Phi) is 4.76. The lowest BCUT2D eigenvalue weighted by molar-refractivity contribution is 0.256. The number of halogens is 2. The minimum Gasteiger partial charge on any atom is -0.284 e. The molecule has 0 aliphatic rings. The Bertz CT molecular complexity index is 1370. The van der Waals surface area contributed by atoms with Crippen molar-refractivity contribution in [1.29, 1.82) is 0 Å². The normalized spacial score (nSPS) is 11.0. The summed E-state index contributed by atoms with van der Waals surface area (Å²) in [4.78, 5) is 33.3. The molecule has 29 heavy (non-hydrogen) atoms. The van der Waals surface area contributed by atoms with Crippen molar-refractivity contribution in [2.45, 2.75) is 6.92 Å². The molecule has 2 heterocycles. The highest BCUT2D eigenvalue weighted by Gasteiger charge is 2.15. The second-order valence-electron chi connectivity index (χ2n) is 5.98. The van der Waals surface area contributed by atoms with Gasteiger partial charge in [-0.2, -0.15) is 0 Å². The van der Waals surface area contributed by atoms with Gasteiger partial charge in [-0.15, -0.1) is 0 Å². The molecule has 0 saturated heterocycles. The fourth-order valence-electron chi connectivity index (χ4n) is 2.74. The van der Waals surface area contributed by atoms with Crippen LogP contribution in [0.1, 0.15) is 5.82 Å². The molecule has 4 aromatic rings. The molecule has 0 spiro atoms. The lowest BCUT2D eigenvalue weighted by atomic mass is 10.2. The number of hydrogen-bond donors (Lipinski definition) is 2. The monoisotopic (exact) mass is 431 g/mol. The Morgan fingerprint density at radius 2 is 1.83 bits per heavy atom. The summed E-state index contributed by atoms with van der Waals surface area (Å²) in [5, 5.41) is 5.08. The van der Waals surface area contributed by atoms with E-state index >= 15 is 0 Å². The Labute approximate surface area is 171 Å². The Morgan fingerprint density at radius 3 is 2.62 bits per heavy atom. The summed E-state index contributed by atoms with van der Waals surface area (Å²) >= 11 is 6.26. The fraction of sp³-hybridized carbons (Fsp3) is 0.0556. The molecule has 0 saturated carbocycles. The zero-order valence-electron chi connectivity index (χ0n) is 14.7. The summed E-state index contributed by atoms with van der Waals surface area (Å²) in [5.74, 6) is -0.733. The van der Waals surface area contributed by atoms with E-state index in [0.29, 0.717) is 10.2 Å². The van der Waals surface area contributed by atoms with Crippen LogP contribution < -0.4 is 16.2 Å². The van der Waals surface area contributed by atoms with E-state index in [4.69, 9.17) is 12.2 Å². The van der Waals surface area contributed by atoms with Crippen molar-refractivity contribution in [2.75, 3.05) is 5.32 Å². The number of nitrogens with one attached hydrogen (secondary N) is 2. The quantitative estimate of drug-likeness (QED) is 0.450. The number of aryl methyl sites for hydroxylation is 1. The number of aromatic nitrogens is 3. The maximum absolute atomic E-state index is 13.4. The van der Waals surface area contributed by atoms with Gasteiger partial charge >= 0.3 is 6.03 Å². The van der Waals surface area contributed by atoms with Gasteiger partial charge in [0.1, 0.15) is 17.5 Å². The van der Waals surface area contributed by atoms with Crippen LogP contribution in [0.5, 0.6) is 0 Å². The highest BCUT2D eigenvalue weighted by molar-refractivity contribution is 7.80. The topological polar surface area (TPSA) is 88.9 Å². The first-order valence-corrected chi connectivity index (χ1v) is 9.41. The molecule has 2 amide bonds. The van der Waals surface area contributed by atoms with Crippen LogP contribution in [-0.2, 0) is 0 Å². The van der Waals surface area contributed by atoms with Crippen LogP contribution in [-0.4, -0.2) is 25.7 Å². The number of carbonyl (C=O) groups excluding carboxylic acids is 1. The van der Waals surface area contributed by atoms with Gasteiger partial charge in [0.25, 0.3) is 5.56 Å². The van der Waals surface area contributed by atoms with Gasteiger partial charge in [-0.25, -0.2) is 28.1 Å². The predicted molar refractivity (Wildman–Crippen MR) is 110 cm³/mol. The third-order valence-electron chi connectivity index (χ3n) is 3.99. The van der Waals surface area contributed by atoms with Crippen molar-refractivity contribution in [3.8, 4) is 0 Å². The highest BCUT2D eigenvalue weighted by atomic mass is 32.1. The first kappa shape index (κ1) is 19.0. The van der Waals surface area contributed by atoms with Gasteiger partial charge in [0.15, 0.2) is 10.2 Å². The number of rotatable bonds is 1. The Morgan fingerprint density at radius 1 is 1.10 bits per heavy atom. The Balaban J connectivity index is 1.57. The smallest absolute Gasteiger partial charge is 0.284 e. The molecule has 0 unspecified atom stereocenters. The van der Waals surface area contributed by atoms with E-state index in [1.54, 1.807) is 0 Å². The zero-order valence-corrected chi connectivity index (χ0v) is 16.3. The van der Waals surface area contributed by atoms with Crippen LogP contribution in [0.4, 0.5) is 18.7 Å². The number of hydrogen-bond acceptors (Lipinski definition) is 6. The van der Waals surface area contributed by atoms with Gasteiger partial charge in [0.05, 0.1) is 21.1 Å². The molecule has 2 aromatic carbocycles. The summed E-state index contributed by atoms with van der Waals surface area (Å²) in [6.07, 6.45) is 0. The summed E-state index contributed by atoms with van der Waals surface area (Å²) in [6, 6.07) is 6.96. The van der Waals surface area contributed by atoms with Crippen LogP contribution in [0.2, 0.25) is 0 Å². The van der Waals surface area contributed by atoms with E-state index in [2.05, 4.69) is 20.6 Å². The molecule has 2 aromatic heterocycles. The molecule has 0 atom stereocenters. The number of carbonyl (C=O) groups is 1. The van der Waals surface area contributed by atoms with Crippen LogP contribution >= 0.6 is 23.6 Å². The van der Waals surface area contributed by atoms with Gasteiger partial charge in [-0.05, 0) is 49.5 Å². The van der Waals surface area contributed by atoms with E-state index in [1.165, 1.54) is 31.2 Å². The van der Waals surface area contributed by atoms with Gasteiger partial charge in [-0.1, -0.05) is 11.3 Å². The van der Waals surface area contributed by atoms with Crippen molar-refractivity contribution in [3.63, 3.8) is 0 Å². The first-order chi connectivity index (χ1) is 13.8. The Hall–Kier alpha value is -3.31. The van der Waals surface area contributed by atoms with E-state index in [0.717, 1.165) is 28.0 Å². The largest absolute Gasteiger partial charge is 0.327 e. The lowest BCUT2D eigenvalue weighted by Crippen LogP contribution is -2.42. The maximum Gasteiger partial charge on any atom is 0.327 e. The summed E-state index contributed by atoms with van der Waals surface area (Å²) in [5.41, 5.74) is 0.193. The fourth-order valence-corrected chi connectivity index (χ4v) is 3.94. The second-order valence-corrected chi connectivity index (χ2v) is 7.39. The van der Waals surface area contributed by atoms with Crippen molar-refractivity contribution >= 4 is 60.9 Å². The SMILES string of the molecule is Cc1nc2cc(F)ccc2c(=O)n1C(=S)NC(=O)Nc1nc2ccc(F)cc2s1. The number of benzene rings is 2. The number of amides is 2. The van der Waals surface area contributed by atoms with E-state index < -0.39 is 23.2 Å². The lowest BCUT2D eigenvalue weighted by Gasteiger charge is -2.12. The summed E-state index contributed by atoms with van der Waals surface area (Å²) < 4.78 is 28.3. The molecule has 7 nitrogen and oxygen atoms in total. The molecular formula is C18H11F2N5O2S2. The number of thiocarbonyl (C=S) groups is 1. The number of urea groups is 1. The minimum absolute atomic E-state index is 0.162. The molecule has 0 bridgehead atoms. The third kappa shape index (κ3) is 3.69. The molecule has 146 valence electrons. The van der Waals surface area contributed by atoms with Crippen molar-refractivity contribution in [1.82, 2.24) is 19.9 Å². The third-order valence-corrected chi connectivity index (χ3v) is 5.21. The van der Waals surface area contributed by atoms with Gasteiger partial charge < -0.3 is 0 Å². The average molecular weight is 431 g/mol. The standard InChI is InChI=1S/C18H11F2N5O2S2/c1-8-21-13-6-9(19)2-4-11(13)15(26)25(8)18(28)24-16(27)23-17-22-12-5-3-10(20)7-14(12)29-17/h2-7H,1H3,(H2,22,23,24,27,28). The molecular weight excluding hydrogens is 420 g/mol. The number of nitrogens with zero attached hydrogens (tertiary/aromatic N) is 3. The molecule has 0 aliphatic carbocycles. The van der Waals surface area contributed by atoms with Crippen LogP contribution in [0, 0.1) is 18.6 Å².